The van der Waals surface area contributed by atoms with E-state index in [1.165, 1.54) is 51.2 Å². The lowest BCUT2D eigenvalue weighted by Gasteiger charge is -2.57. The van der Waals surface area contributed by atoms with Crippen LogP contribution in [0.3, 0.4) is 0 Å². The second kappa shape index (κ2) is 8.28. The molecule has 4 saturated carbocycles. The van der Waals surface area contributed by atoms with Gasteiger partial charge in [-0.05, 0) is 103 Å². The first kappa shape index (κ1) is 21.4. The van der Waals surface area contributed by atoms with Gasteiger partial charge in [-0.1, -0.05) is 40.2 Å². The molecule has 7 rings (SSSR count). The first-order chi connectivity index (χ1) is 16.0. The number of hydrogen-bond donors (Lipinski definition) is 1. The molecule has 170 valence electrons. The zero-order valence-electron chi connectivity index (χ0n) is 18.8. The van der Waals surface area contributed by atoms with Gasteiger partial charge in [-0.15, -0.1) is 11.3 Å². The van der Waals surface area contributed by atoms with E-state index in [1.54, 1.807) is 11.3 Å². The third-order valence-corrected chi connectivity index (χ3v) is 9.68. The van der Waals surface area contributed by atoms with Crippen LogP contribution in [-0.2, 0) is 10.2 Å². The van der Waals surface area contributed by atoms with Gasteiger partial charge in [-0.2, -0.15) is 0 Å². The van der Waals surface area contributed by atoms with E-state index in [1.807, 2.05) is 30.3 Å². The van der Waals surface area contributed by atoms with Gasteiger partial charge in [-0.25, -0.2) is 4.79 Å². The van der Waals surface area contributed by atoms with Gasteiger partial charge in [0, 0.05) is 10.2 Å². The Balaban J connectivity index is 1.25. The predicted octanol–water partition coefficient (Wildman–Crippen LogP) is 8.18. The zero-order chi connectivity index (χ0) is 22.6. The van der Waals surface area contributed by atoms with Crippen molar-refractivity contribution in [2.24, 2.45) is 17.8 Å². The van der Waals surface area contributed by atoms with Crippen molar-refractivity contribution in [3.8, 4) is 10.4 Å². The minimum absolute atomic E-state index is 0.311. The first-order valence-electron chi connectivity index (χ1n) is 11.9. The minimum Gasteiger partial charge on any atom is -0.465 e. The number of methoxy groups -OCH3 is 1. The highest BCUT2D eigenvalue weighted by atomic mass is 79.9. The summed E-state index contributed by atoms with van der Waals surface area (Å²) in [7, 11) is 1.43. The van der Waals surface area contributed by atoms with E-state index < -0.39 is 0 Å². The molecule has 0 spiro atoms. The molecule has 5 heteroatoms. The summed E-state index contributed by atoms with van der Waals surface area (Å²) in [5, 5.41) is 4.47. The summed E-state index contributed by atoms with van der Waals surface area (Å²) in [6.07, 6.45) is 8.57. The fourth-order valence-electron chi connectivity index (χ4n) is 7.04. The van der Waals surface area contributed by atoms with Gasteiger partial charge in [-0.3, -0.25) is 0 Å². The SMILES string of the molecule is COC(=O)c1cc(Nc2ccc(C34CC5CC(CC(C5)C3)C4)cc2)sc1-c1ccc(Br)cc1. The van der Waals surface area contributed by atoms with E-state index in [4.69, 9.17) is 4.74 Å². The number of carbonyl (C=O) groups excluding carboxylic acids is 1. The number of anilines is 2. The van der Waals surface area contributed by atoms with E-state index in [0.29, 0.717) is 11.0 Å². The monoisotopic (exact) mass is 521 g/mol. The minimum atomic E-state index is -0.311. The summed E-state index contributed by atoms with van der Waals surface area (Å²) < 4.78 is 6.06. The standard InChI is InChI=1S/C28H28BrNO2S/c1-32-27(31)24-13-25(33-26(24)20-2-6-22(29)7-3-20)30-23-8-4-21(5-9-23)28-14-17-10-18(15-28)12-19(11-17)16-28/h2-9,13,17-19,30H,10-12,14-16H2,1H3. The molecule has 0 amide bonds. The van der Waals surface area contributed by atoms with Crippen LogP contribution >= 0.6 is 27.3 Å². The second-order valence-electron chi connectivity index (χ2n) is 10.3. The van der Waals surface area contributed by atoms with E-state index >= 15 is 0 Å². The lowest BCUT2D eigenvalue weighted by atomic mass is 9.48. The van der Waals surface area contributed by atoms with Crippen LogP contribution in [0.2, 0.25) is 0 Å². The Morgan fingerprint density at radius 2 is 1.58 bits per heavy atom. The molecule has 33 heavy (non-hydrogen) atoms. The quantitative estimate of drug-likeness (QED) is 0.344. The molecule has 1 N–H and O–H groups in total. The molecule has 4 fully saturated rings. The molecule has 0 unspecified atom stereocenters. The molecule has 4 aliphatic carbocycles. The van der Waals surface area contributed by atoms with Crippen molar-refractivity contribution < 1.29 is 9.53 Å². The van der Waals surface area contributed by atoms with Crippen LogP contribution in [-0.4, -0.2) is 13.1 Å². The summed E-state index contributed by atoms with van der Waals surface area (Å²) in [4.78, 5) is 13.4. The molecule has 1 heterocycles. The van der Waals surface area contributed by atoms with E-state index in [0.717, 1.165) is 43.4 Å². The average Bonchev–Trinajstić information content (AvgIpc) is 3.22. The van der Waals surface area contributed by atoms with Gasteiger partial charge in [0.25, 0.3) is 0 Å². The van der Waals surface area contributed by atoms with E-state index in [9.17, 15) is 4.79 Å². The summed E-state index contributed by atoms with van der Waals surface area (Å²) in [6, 6.07) is 19.0. The summed E-state index contributed by atoms with van der Waals surface area (Å²) in [5.41, 5.74) is 4.61. The Hall–Kier alpha value is -2.11. The van der Waals surface area contributed by atoms with Crippen molar-refractivity contribution in [2.45, 2.75) is 43.9 Å². The van der Waals surface area contributed by atoms with Gasteiger partial charge >= 0.3 is 5.97 Å². The van der Waals surface area contributed by atoms with Crippen molar-refractivity contribution in [3.63, 3.8) is 0 Å². The maximum absolute atomic E-state index is 12.4. The molecule has 4 aliphatic rings. The predicted molar refractivity (Wildman–Crippen MR) is 138 cm³/mol. The fraction of sp³-hybridized carbons (Fsp3) is 0.393. The van der Waals surface area contributed by atoms with Crippen LogP contribution in [0.5, 0.6) is 0 Å². The summed E-state index contributed by atoms with van der Waals surface area (Å²) in [6.45, 7) is 0. The average molecular weight is 523 g/mol. The Bertz CT molecular complexity index is 1150. The maximum atomic E-state index is 12.4. The smallest absolute Gasteiger partial charge is 0.339 e. The third kappa shape index (κ3) is 3.93. The number of benzene rings is 2. The third-order valence-electron chi connectivity index (χ3n) is 8.05. The maximum Gasteiger partial charge on any atom is 0.339 e. The number of nitrogens with one attached hydrogen (secondary N) is 1. The van der Waals surface area contributed by atoms with Gasteiger partial charge in [0.1, 0.15) is 0 Å². The highest BCUT2D eigenvalue weighted by Gasteiger charge is 2.51. The molecule has 0 radical (unpaired) electrons. The van der Waals surface area contributed by atoms with Gasteiger partial charge in [0.2, 0.25) is 0 Å². The Kier molecular flexibility index (Phi) is 5.38. The zero-order valence-corrected chi connectivity index (χ0v) is 21.2. The largest absolute Gasteiger partial charge is 0.465 e. The summed E-state index contributed by atoms with van der Waals surface area (Å²) >= 11 is 5.07. The first-order valence-corrected chi connectivity index (χ1v) is 13.5. The topological polar surface area (TPSA) is 38.3 Å². The number of thiophene rings is 1. The van der Waals surface area contributed by atoms with Crippen LogP contribution in [0.25, 0.3) is 10.4 Å². The molecule has 2 aromatic carbocycles. The number of esters is 1. The van der Waals surface area contributed by atoms with Crippen molar-refractivity contribution in [3.05, 3.63) is 70.2 Å². The number of rotatable bonds is 5. The van der Waals surface area contributed by atoms with Crippen LogP contribution < -0.4 is 5.32 Å². The Morgan fingerprint density at radius 1 is 0.970 bits per heavy atom. The van der Waals surface area contributed by atoms with Gasteiger partial charge < -0.3 is 10.1 Å². The lowest BCUT2D eigenvalue weighted by molar-refractivity contribution is -0.00518. The van der Waals surface area contributed by atoms with Crippen LogP contribution in [0.1, 0.15) is 54.4 Å². The van der Waals surface area contributed by atoms with Crippen molar-refractivity contribution in [2.75, 3.05) is 12.4 Å². The highest BCUT2D eigenvalue weighted by molar-refractivity contribution is 9.10. The van der Waals surface area contributed by atoms with Gasteiger partial charge in [0.15, 0.2) is 0 Å². The van der Waals surface area contributed by atoms with Gasteiger partial charge in [0.05, 0.1) is 22.6 Å². The van der Waals surface area contributed by atoms with Crippen LogP contribution in [0, 0.1) is 17.8 Å². The lowest BCUT2D eigenvalue weighted by Crippen LogP contribution is -2.48. The summed E-state index contributed by atoms with van der Waals surface area (Å²) in [5.74, 6) is 2.55. The van der Waals surface area contributed by atoms with Crippen molar-refractivity contribution in [1.29, 1.82) is 0 Å². The normalized spacial score (nSPS) is 27.5. The molecule has 0 aliphatic heterocycles. The van der Waals surface area contributed by atoms with E-state index in [2.05, 4.69) is 45.5 Å². The Morgan fingerprint density at radius 3 is 2.15 bits per heavy atom. The highest BCUT2D eigenvalue weighted by Crippen LogP contribution is 2.60. The van der Waals surface area contributed by atoms with Crippen molar-refractivity contribution >= 4 is 43.9 Å². The second-order valence-corrected chi connectivity index (χ2v) is 12.2. The number of halogens is 1. The van der Waals surface area contributed by atoms with E-state index in [-0.39, 0.29) is 5.97 Å². The Labute approximate surface area is 207 Å². The van der Waals surface area contributed by atoms with Crippen molar-refractivity contribution in [1.82, 2.24) is 0 Å². The number of carbonyl (C=O) groups is 1. The molecular weight excluding hydrogens is 494 g/mol. The molecule has 3 aromatic rings. The molecular formula is C28H28BrNO2S. The molecule has 3 nitrogen and oxygen atoms in total. The molecule has 4 bridgehead atoms. The van der Waals surface area contributed by atoms with Crippen LogP contribution in [0.15, 0.2) is 59.1 Å². The number of hydrogen-bond acceptors (Lipinski definition) is 4. The fourth-order valence-corrected chi connectivity index (χ4v) is 8.38. The molecule has 0 atom stereocenters. The molecule has 1 aromatic heterocycles. The van der Waals surface area contributed by atoms with Crippen LogP contribution in [0.4, 0.5) is 10.7 Å². The molecule has 0 saturated heterocycles. The number of ether oxygens (including phenoxy) is 1.